The van der Waals surface area contributed by atoms with Gasteiger partial charge in [-0.1, -0.05) is 30.3 Å². The number of nitrogens with one attached hydrogen (secondary N) is 1. The van der Waals surface area contributed by atoms with Crippen molar-refractivity contribution in [2.45, 2.75) is 59.0 Å². The molecule has 0 aliphatic carbocycles. The fraction of sp³-hybridized carbons (Fsp3) is 0.500. The van der Waals surface area contributed by atoms with Crippen molar-refractivity contribution in [3.63, 3.8) is 0 Å². The first-order valence-corrected chi connectivity index (χ1v) is 7.96. The van der Waals surface area contributed by atoms with Crippen LogP contribution in [0.3, 0.4) is 0 Å². The van der Waals surface area contributed by atoms with E-state index in [1.807, 2.05) is 18.2 Å². The Hall–Kier alpha value is -2.57. The summed E-state index contributed by atoms with van der Waals surface area (Å²) in [5.41, 5.74) is 0.0692. The zero-order valence-electron chi connectivity index (χ0n) is 15.2. The lowest BCUT2D eigenvalue weighted by Crippen LogP contribution is -2.51. The van der Waals surface area contributed by atoms with E-state index in [2.05, 4.69) is 5.32 Å². The second kappa shape index (κ2) is 9.05. The van der Waals surface area contributed by atoms with E-state index >= 15 is 0 Å². The number of ether oxygens (including phenoxy) is 3. The molecule has 1 aromatic rings. The topological polar surface area (TPSA) is 90.9 Å². The smallest absolute Gasteiger partial charge is 0.408 e. The van der Waals surface area contributed by atoms with Crippen LogP contribution in [0.5, 0.6) is 0 Å². The molecular formula is C18H25NO6. The minimum atomic E-state index is -1.18. The van der Waals surface area contributed by atoms with Gasteiger partial charge in [-0.25, -0.2) is 9.59 Å². The Morgan fingerprint density at radius 2 is 1.72 bits per heavy atom. The monoisotopic (exact) mass is 351 g/mol. The molecule has 1 rings (SSSR count). The molecule has 1 amide bonds. The second-order valence-electron chi connectivity index (χ2n) is 6.53. The summed E-state index contributed by atoms with van der Waals surface area (Å²) >= 11 is 0. The predicted octanol–water partition coefficient (Wildman–Crippen LogP) is 2.57. The maximum absolute atomic E-state index is 12.4. The SMILES string of the molecule is CC(=O)O[C@@H](C)[C@@H](NC(=O)OC(C)(C)C)C(=O)OCc1ccccc1. The number of hydrogen-bond acceptors (Lipinski definition) is 6. The minimum absolute atomic E-state index is 0.0406. The number of rotatable bonds is 6. The quantitative estimate of drug-likeness (QED) is 0.626. The van der Waals surface area contributed by atoms with Gasteiger partial charge in [0.25, 0.3) is 0 Å². The van der Waals surface area contributed by atoms with Crippen molar-refractivity contribution < 1.29 is 28.6 Å². The number of carbonyl (C=O) groups excluding carboxylic acids is 3. The highest BCUT2D eigenvalue weighted by atomic mass is 16.6. The molecule has 0 heterocycles. The van der Waals surface area contributed by atoms with E-state index in [9.17, 15) is 14.4 Å². The average molecular weight is 351 g/mol. The Labute approximate surface area is 147 Å². The average Bonchev–Trinajstić information content (AvgIpc) is 2.48. The van der Waals surface area contributed by atoms with Crippen LogP contribution < -0.4 is 5.32 Å². The van der Waals surface area contributed by atoms with E-state index in [-0.39, 0.29) is 6.61 Å². The van der Waals surface area contributed by atoms with E-state index < -0.39 is 35.8 Å². The molecule has 0 spiro atoms. The third-order valence-electron chi connectivity index (χ3n) is 2.97. The van der Waals surface area contributed by atoms with Crippen LogP contribution in [0.4, 0.5) is 4.79 Å². The Morgan fingerprint density at radius 1 is 1.12 bits per heavy atom. The number of carbonyl (C=O) groups is 3. The van der Waals surface area contributed by atoms with Crippen LogP contribution in [0.25, 0.3) is 0 Å². The van der Waals surface area contributed by atoms with Crippen molar-refractivity contribution in [1.29, 1.82) is 0 Å². The van der Waals surface area contributed by atoms with E-state index in [1.54, 1.807) is 32.9 Å². The Bertz CT molecular complexity index is 593. The third-order valence-corrected chi connectivity index (χ3v) is 2.97. The Balaban J connectivity index is 2.76. The largest absolute Gasteiger partial charge is 0.460 e. The number of benzene rings is 1. The van der Waals surface area contributed by atoms with Gasteiger partial charge in [-0.3, -0.25) is 4.79 Å². The first-order valence-electron chi connectivity index (χ1n) is 7.96. The normalized spacial score (nSPS) is 13.3. The highest BCUT2D eigenvalue weighted by molar-refractivity contribution is 5.82. The molecule has 7 heteroatoms. The fourth-order valence-electron chi connectivity index (χ4n) is 1.95. The van der Waals surface area contributed by atoms with Gasteiger partial charge in [0.15, 0.2) is 6.04 Å². The zero-order chi connectivity index (χ0) is 19.0. The van der Waals surface area contributed by atoms with Gasteiger partial charge < -0.3 is 19.5 Å². The second-order valence-corrected chi connectivity index (χ2v) is 6.53. The standard InChI is InChI=1S/C18H25NO6/c1-12(24-13(2)20)15(19-17(22)25-18(3,4)5)16(21)23-11-14-9-7-6-8-10-14/h6-10,12,15H,11H2,1-5H3,(H,19,22)/t12-,15+/m0/s1. The molecule has 0 saturated heterocycles. The van der Waals surface area contributed by atoms with Gasteiger partial charge in [0.1, 0.15) is 18.3 Å². The highest BCUT2D eigenvalue weighted by Gasteiger charge is 2.32. The molecule has 2 atom stereocenters. The number of hydrogen-bond donors (Lipinski definition) is 1. The van der Waals surface area contributed by atoms with Crippen LogP contribution in [0.15, 0.2) is 30.3 Å². The molecule has 0 saturated carbocycles. The summed E-state index contributed by atoms with van der Waals surface area (Å²) in [7, 11) is 0. The lowest BCUT2D eigenvalue weighted by atomic mass is 10.1. The van der Waals surface area contributed by atoms with Crippen molar-refractivity contribution in [3.8, 4) is 0 Å². The molecule has 0 aromatic heterocycles. The summed E-state index contributed by atoms with van der Waals surface area (Å²) in [5.74, 6) is -1.29. The van der Waals surface area contributed by atoms with Gasteiger partial charge in [0, 0.05) is 6.92 Å². The number of alkyl carbamates (subject to hydrolysis) is 1. The molecule has 0 bridgehead atoms. The van der Waals surface area contributed by atoms with Gasteiger partial charge in [-0.2, -0.15) is 0 Å². The van der Waals surface area contributed by atoms with Crippen molar-refractivity contribution in [3.05, 3.63) is 35.9 Å². The lowest BCUT2D eigenvalue weighted by molar-refractivity contribution is -0.157. The van der Waals surface area contributed by atoms with Crippen molar-refractivity contribution in [1.82, 2.24) is 5.32 Å². The Morgan fingerprint density at radius 3 is 2.24 bits per heavy atom. The van der Waals surface area contributed by atoms with E-state index in [0.717, 1.165) is 5.56 Å². The van der Waals surface area contributed by atoms with Gasteiger partial charge in [-0.15, -0.1) is 0 Å². The summed E-state index contributed by atoms with van der Waals surface area (Å²) in [6.07, 6.45) is -1.71. The summed E-state index contributed by atoms with van der Waals surface area (Å²) in [5, 5.41) is 2.40. The molecule has 25 heavy (non-hydrogen) atoms. The van der Waals surface area contributed by atoms with Crippen molar-refractivity contribution in [2.75, 3.05) is 0 Å². The maximum atomic E-state index is 12.4. The third kappa shape index (κ3) is 8.19. The Kier molecular flexibility index (Phi) is 7.42. The molecule has 0 aliphatic heterocycles. The zero-order valence-corrected chi connectivity index (χ0v) is 15.2. The molecule has 0 radical (unpaired) electrons. The summed E-state index contributed by atoms with van der Waals surface area (Å²) in [6.45, 7) is 7.85. The number of esters is 2. The van der Waals surface area contributed by atoms with Crippen molar-refractivity contribution >= 4 is 18.0 Å². The lowest BCUT2D eigenvalue weighted by Gasteiger charge is -2.25. The van der Waals surface area contributed by atoms with Gasteiger partial charge >= 0.3 is 18.0 Å². The molecule has 1 N–H and O–H groups in total. The van der Waals surface area contributed by atoms with Crippen LogP contribution >= 0.6 is 0 Å². The van der Waals surface area contributed by atoms with Crippen molar-refractivity contribution in [2.24, 2.45) is 0 Å². The van der Waals surface area contributed by atoms with Gasteiger partial charge in [0.2, 0.25) is 0 Å². The first kappa shape index (κ1) is 20.5. The van der Waals surface area contributed by atoms with Crippen LogP contribution in [0.2, 0.25) is 0 Å². The number of amides is 1. The summed E-state index contributed by atoms with van der Waals surface area (Å²) < 4.78 is 15.4. The molecule has 0 unspecified atom stereocenters. The molecular weight excluding hydrogens is 326 g/mol. The fourth-order valence-corrected chi connectivity index (χ4v) is 1.95. The van der Waals surface area contributed by atoms with Crippen LogP contribution in [0.1, 0.15) is 40.2 Å². The predicted molar refractivity (Wildman–Crippen MR) is 90.6 cm³/mol. The van der Waals surface area contributed by atoms with Crippen LogP contribution in [0, 0.1) is 0 Å². The molecule has 1 aromatic carbocycles. The maximum Gasteiger partial charge on any atom is 0.408 e. The van der Waals surface area contributed by atoms with E-state index in [0.29, 0.717) is 0 Å². The molecule has 138 valence electrons. The molecule has 0 fully saturated rings. The summed E-state index contributed by atoms with van der Waals surface area (Å²) in [6, 6.07) is 7.92. The highest BCUT2D eigenvalue weighted by Crippen LogP contribution is 2.10. The van der Waals surface area contributed by atoms with E-state index in [1.165, 1.54) is 13.8 Å². The van der Waals surface area contributed by atoms with Crippen LogP contribution in [-0.4, -0.2) is 35.8 Å². The molecule has 7 nitrogen and oxygen atoms in total. The van der Waals surface area contributed by atoms with Gasteiger partial charge in [-0.05, 0) is 33.3 Å². The first-order chi connectivity index (χ1) is 11.6. The van der Waals surface area contributed by atoms with E-state index in [4.69, 9.17) is 14.2 Å². The summed E-state index contributed by atoms with van der Waals surface area (Å²) in [4.78, 5) is 35.5. The minimum Gasteiger partial charge on any atom is -0.460 e. The van der Waals surface area contributed by atoms with Crippen LogP contribution in [-0.2, 0) is 30.4 Å². The molecule has 0 aliphatic rings. The van der Waals surface area contributed by atoms with Gasteiger partial charge in [0.05, 0.1) is 0 Å².